The molecule has 0 atom stereocenters. The zero-order valence-electron chi connectivity index (χ0n) is 9.03. The van der Waals surface area contributed by atoms with Crippen molar-refractivity contribution >= 4 is 53.8 Å². The predicted molar refractivity (Wildman–Crippen MR) is 78.6 cm³/mol. The van der Waals surface area contributed by atoms with E-state index >= 15 is 0 Å². The van der Waals surface area contributed by atoms with E-state index < -0.39 is 0 Å². The summed E-state index contributed by atoms with van der Waals surface area (Å²) in [6, 6.07) is 12.5. The second kappa shape index (κ2) is 6.06. The largest absolute Gasteiger partial charge is 0.823 e. The van der Waals surface area contributed by atoms with Gasteiger partial charge in [0.25, 0.3) is 0 Å². The topological polar surface area (TPSA) is 23.1 Å². The minimum absolute atomic E-state index is 0.168. The third kappa shape index (κ3) is 3.06. The molecule has 5 heteroatoms. The Bertz CT molecular complexity index is 597. The van der Waals surface area contributed by atoms with E-state index in [1.54, 1.807) is 12.1 Å². The molecule has 0 aromatic heterocycles. The standard InChI is InChI=1S/C13H8Cl3OP/c14-9-6-7-10(15)12(16)11(9)13(17)18-8-4-2-1-3-5-8/h1-7,17H/p-1. The van der Waals surface area contributed by atoms with Crippen LogP contribution in [-0.2, 0) is 0 Å². The van der Waals surface area contributed by atoms with Crippen molar-refractivity contribution < 1.29 is 5.11 Å². The van der Waals surface area contributed by atoms with Crippen molar-refractivity contribution in [3.8, 4) is 0 Å². The highest BCUT2D eigenvalue weighted by atomic mass is 35.5. The van der Waals surface area contributed by atoms with Crippen molar-refractivity contribution in [2.45, 2.75) is 0 Å². The van der Waals surface area contributed by atoms with Gasteiger partial charge in [0.2, 0.25) is 0 Å². The highest BCUT2D eigenvalue weighted by Gasteiger charge is 2.08. The lowest BCUT2D eigenvalue weighted by Gasteiger charge is -2.16. The van der Waals surface area contributed by atoms with Gasteiger partial charge >= 0.3 is 0 Å². The van der Waals surface area contributed by atoms with E-state index in [9.17, 15) is 5.11 Å². The Labute approximate surface area is 122 Å². The number of benzene rings is 2. The molecular weight excluding hydrogens is 309 g/mol. The first-order valence-electron chi connectivity index (χ1n) is 5.04. The van der Waals surface area contributed by atoms with Gasteiger partial charge in [0.1, 0.15) is 0 Å². The Kier molecular flexibility index (Phi) is 4.66. The zero-order chi connectivity index (χ0) is 13.1. The molecule has 92 valence electrons. The maximum Gasteiger partial charge on any atom is 0.0672 e. The molecule has 0 heterocycles. The zero-order valence-corrected chi connectivity index (χ0v) is 12.2. The second-order valence-electron chi connectivity index (χ2n) is 3.47. The molecule has 2 aromatic carbocycles. The van der Waals surface area contributed by atoms with Gasteiger partial charge in [-0.2, -0.15) is 0 Å². The van der Waals surface area contributed by atoms with Gasteiger partial charge in [-0.05, 0) is 12.1 Å². The smallest absolute Gasteiger partial charge is 0.0672 e. The van der Waals surface area contributed by atoms with Crippen LogP contribution in [-0.4, -0.2) is 5.48 Å². The van der Waals surface area contributed by atoms with Crippen molar-refractivity contribution in [3.05, 3.63) is 63.1 Å². The first-order valence-corrected chi connectivity index (χ1v) is 7.07. The molecule has 1 nitrogen and oxygen atoms in total. The number of rotatable bonds is 2. The Hall–Kier alpha value is -0.560. The normalized spacial score (nSPS) is 11.7. The molecule has 0 aliphatic carbocycles. The minimum atomic E-state index is -0.168. The molecule has 0 radical (unpaired) electrons. The van der Waals surface area contributed by atoms with Crippen molar-refractivity contribution in [3.63, 3.8) is 0 Å². The van der Waals surface area contributed by atoms with Gasteiger partial charge in [-0.25, -0.2) is 0 Å². The third-order valence-corrected chi connectivity index (χ3v) is 4.35. The molecule has 18 heavy (non-hydrogen) atoms. The Morgan fingerprint density at radius 3 is 2.17 bits per heavy atom. The number of halogens is 3. The maximum absolute atomic E-state index is 12.2. The summed E-state index contributed by atoms with van der Waals surface area (Å²) in [5, 5.41) is 13.9. The first-order chi connectivity index (χ1) is 8.59. The maximum atomic E-state index is 12.2. The van der Waals surface area contributed by atoms with E-state index in [1.165, 1.54) is 0 Å². The fourth-order valence-corrected chi connectivity index (χ4v) is 3.13. The van der Waals surface area contributed by atoms with Crippen LogP contribution in [0.15, 0.2) is 42.5 Å². The fourth-order valence-electron chi connectivity index (χ4n) is 1.40. The summed E-state index contributed by atoms with van der Waals surface area (Å²) in [5.41, 5.74) is 0.107. The molecule has 2 rings (SSSR count). The van der Waals surface area contributed by atoms with Crippen LogP contribution in [0.1, 0.15) is 5.56 Å². The number of hydrogen-bond acceptors (Lipinski definition) is 1. The lowest BCUT2D eigenvalue weighted by molar-refractivity contribution is -0.206. The average Bonchev–Trinajstić information content (AvgIpc) is 2.36. The highest BCUT2D eigenvalue weighted by Crippen LogP contribution is 2.32. The Morgan fingerprint density at radius 1 is 0.889 bits per heavy atom. The van der Waals surface area contributed by atoms with Gasteiger partial charge < -0.3 is 5.11 Å². The summed E-state index contributed by atoms with van der Waals surface area (Å²) in [6.45, 7) is 0. The summed E-state index contributed by atoms with van der Waals surface area (Å²) in [6.07, 6.45) is 0. The van der Waals surface area contributed by atoms with E-state index in [1.807, 2.05) is 30.3 Å². The van der Waals surface area contributed by atoms with Gasteiger partial charge in [-0.15, -0.1) is 5.48 Å². The van der Waals surface area contributed by atoms with Crippen LogP contribution in [0.3, 0.4) is 0 Å². The van der Waals surface area contributed by atoms with E-state index in [0.717, 1.165) is 5.30 Å². The van der Waals surface area contributed by atoms with E-state index in [2.05, 4.69) is 0 Å². The van der Waals surface area contributed by atoms with Crippen LogP contribution in [0.4, 0.5) is 0 Å². The Morgan fingerprint density at radius 2 is 1.50 bits per heavy atom. The SMILES string of the molecule is [O-]C(=Pc1ccccc1)c1c(Cl)ccc(Cl)c1Cl. The lowest BCUT2D eigenvalue weighted by atomic mass is 10.2. The third-order valence-electron chi connectivity index (χ3n) is 2.24. The lowest BCUT2D eigenvalue weighted by Crippen LogP contribution is -2.18. The molecule has 0 amide bonds. The predicted octanol–water partition coefficient (Wildman–Crippen LogP) is 3.76. The molecule has 0 saturated carbocycles. The average molecular weight is 317 g/mol. The molecule has 0 unspecified atom stereocenters. The molecule has 2 aromatic rings. The van der Waals surface area contributed by atoms with E-state index in [-0.39, 0.29) is 16.1 Å². The second-order valence-corrected chi connectivity index (χ2v) is 5.81. The summed E-state index contributed by atoms with van der Waals surface area (Å²) in [4.78, 5) is 0. The van der Waals surface area contributed by atoms with Gasteiger partial charge in [-0.1, -0.05) is 73.3 Å². The molecule has 0 spiro atoms. The molecule has 0 fully saturated rings. The van der Waals surface area contributed by atoms with Gasteiger partial charge in [-0.3, -0.25) is 0 Å². The minimum Gasteiger partial charge on any atom is -0.823 e. The molecule has 0 N–H and O–H groups in total. The van der Waals surface area contributed by atoms with Crippen molar-refractivity contribution in [1.82, 2.24) is 0 Å². The monoisotopic (exact) mass is 315 g/mol. The summed E-state index contributed by atoms with van der Waals surface area (Å²) in [7, 11) is 0.523. The Balaban J connectivity index is 2.50. The van der Waals surface area contributed by atoms with Crippen LogP contribution in [0.5, 0.6) is 0 Å². The molecule has 0 saturated heterocycles. The fraction of sp³-hybridized carbons (Fsp3) is 0. The van der Waals surface area contributed by atoms with Gasteiger partial charge in [0, 0.05) is 15.9 Å². The van der Waals surface area contributed by atoms with Crippen molar-refractivity contribution in [1.29, 1.82) is 0 Å². The first kappa shape index (κ1) is 13.9. The van der Waals surface area contributed by atoms with Crippen LogP contribution in [0.25, 0.3) is 0 Å². The van der Waals surface area contributed by atoms with E-state index in [0.29, 0.717) is 18.2 Å². The highest BCUT2D eigenvalue weighted by molar-refractivity contribution is 7.49. The quantitative estimate of drug-likeness (QED) is 0.611. The summed E-state index contributed by atoms with van der Waals surface area (Å²) in [5.74, 6) is 0. The van der Waals surface area contributed by atoms with E-state index in [4.69, 9.17) is 34.8 Å². The summed E-state index contributed by atoms with van der Waals surface area (Å²) < 4.78 is 0. The van der Waals surface area contributed by atoms with Gasteiger partial charge in [0.15, 0.2) is 0 Å². The van der Waals surface area contributed by atoms with Gasteiger partial charge in [0.05, 0.1) is 10.0 Å². The van der Waals surface area contributed by atoms with Crippen molar-refractivity contribution in [2.24, 2.45) is 0 Å². The summed E-state index contributed by atoms with van der Waals surface area (Å²) >= 11 is 17.9. The molecule has 0 aliphatic rings. The molecular formula is C13H7Cl3OP-. The van der Waals surface area contributed by atoms with Crippen LogP contribution in [0, 0.1) is 0 Å². The molecule has 0 aliphatic heterocycles. The van der Waals surface area contributed by atoms with Crippen LogP contribution in [0.2, 0.25) is 15.1 Å². The number of hydrogen-bond donors (Lipinski definition) is 0. The van der Waals surface area contributed by atoms with Crippen LogP contribution >= 0.6 is 43.0 Å². The van der Waals surface area contributed by atoms with Crippen LogP contribution < -0.4 is 10.4 Å². The molecule has 0 bridgehead atoms. The van der Waals surface area contributed by atoms with Crippen molar-refractivity contribution in [2.75, 3.05) is 0 Å².